The molecule has 0 aliphatic carbocycles. The van der Waals surface area contributed by atoms with E-state index in [0.717, 1.165) is 0 Å². The highest BCUT2D eigenvalue weighted by Gasteiger charge is 2.10. The maximum Gasteiger partial charge on any atom is 0.259 e. The summed E-state index contributed by atoms with van der Waals surface area (Å²) in [6, 6.07) is 16.0. The Hall–Kier alpha value is -3.02. The molecule has 0 unspecified atom stereocenters. The summed E-state index contributed by atoms with van der Waals surface area (Å²) in [6.45, 7) is 0. The normalized spacial score (nSPS) is 10.9. The van der Waals surface area contributed by atoms with Gasteiger partial charge in [-0.05, 0) is 48.5 Å². The van der Waals surface area contributed by atoms with Crippen LogP contribution in [0.5, 0.6) is 11.5 Å². The number of carbonyl (C=O) groups excluding carboxylic acids is 1. The molecule has 0 saturated carbocycles. The van der Waals surface area contributed by atoms with Gasteiger partial charge in [-0.1, -0.05) is 35.3 Å². The van der Waals surface area contributed by atoms with Crippen LogP contribution in [0.1, 0.15) is 15.9 Å². The molecule has 0 aliphatic rings. The van der Waals surface area contributed by atoms with Crippen molar-refractivity contribution < 1.29 is 15.0 Å². The van der Waals surface area contributed by atoms with E-state index in [0.29, 0.717) is 22.0 Å². The molecular formula is C20H14Cl2N2O3. The number of anilines is 1. The molecule has 0 atom stereocenters. The molecule has 0 bridgehead atoms. The van der Waals surface area contributed by atoms with E-state index in [-0.39, 0.29) is 22.1 Å². The molecule has 0 aromatic heterocycles. The largest absolute Gasteiger partial charge is 0.507 e. The van der Waals surface area contributed by atoms with Crippen LogP contribution in [0.2, 0.25) is 10.0 Å². The van der Waals surface area contributed by atoms with Crippen LogP contribution in [0.3, 0.4) is 0 Å². The van der Waals surface area contributed by atoms with E-state index in [2.05, 4.69) is 10.3 Å². The molecule has 3 rings (SSSR count). The summed E-state index contributed by atoms with van der Waals surface area (Å²) in [5, 5.41) is 22.9. The number of amides is 1. The number of aromatic hydroxyl groups is 2. The van der Waals surface area contributed by atoms with Gasteiger partial charge in [-0.2, -0.15) is 0 Å². The first kappa shape index (κ1) is 18.8. The summed E-state index contributed by atoms with van der Waals surface area (Å²) in [5.41, 5.74) is 1.74. The Morgan fingerprint density at radius 1 is 1.00 bits per heavy atom. The summed E-state index contributed by atoms with van der Waals surface area (Å²) >= 11 is 11.8. The van der Waals surface area contributed by atoms with Gasteiger partial charge in [0.05, 0.1) is 16.3 Å². The zero-order chi connectivity index (χ0) is 19.4. The van der Waals surface area contributed by atoms with Gasteiger partial charge in [-0.3, -0.25) is 9.79 Å². The molecule has 136 valence electrons. The number of halogens is 2. The number of aliphatic imine (C=N–C) groups is 1. The minimum absolute atomic E-state index is 0.0868. The number of benzene rings is 3. The highest BCUT2D eigenvalue weighted by atomic mass is 35.5. The molecular weight excluding hydrogens is 387 g/mol. The van der Waals surface area contributed by atoms with Gasteiger partial charge in [0.15, 0.2) is 0 Å². The Morgan fingerprint density at radius 3 is 2.41 bits per heavy atom. The van der Waals surface area contributed by atoms with Gasteiger partial charge in [0.1, 0.15) is 11.5 Å². The third-order valence-corrected chi connectivity index (χ3v) is 4.19. The number of rotatable bonds is 4. The molecule has 0 saturated heterocycles. The third kappa shape index (κ3) is 4.58. The Balaban J connectivity index is 1.72. The van der Waals surface area contributed by atoms with Crippen molar-refractivity contribution in [2.45, 2.75) is 0 Å². The van der Waals surface area contributed by atoms with Crippen LogP contribution in [0.25, 0.3) is 0 Å². The monoisotopic (exact) mass is 400 g/mol. The molecule has 7 heteroatoms. The van der Waals surface area contributed by atoms with Crippen molar-refractivity contribution in [3.8, 4) is 11.5 Å². The molecule has 3 aromatic carbocycles. The first-order valence-electron chi connectivity index (χ1n) is 7.85. The quantitative estimate of drug-likeness (QED) is 0.512. The predicted molar refractivity (Wildman–Crippen MR) is 108 cm³/mol. The van der Waals surface area contributed by atoms with Crippen molar-refractivity contribution in [1.29, 1.82) is 0 Å². The lowest BCUT2D eigenvalue weighted by atomic mass is 10.2. The smallest absolute Gasteiger partial charge is 0.259 e. The lowest BCUT2D eigenvalue weighted by molar-refractivity contribution is 0.102. The second-order valence-corrected chi connectivity index (χ2v) is 6.45. The maximum absolute atomic E-state index is 12.2. The number of hydrogen-bond donors (Lipinski definition) is 3. The van der Waals surface area contributed by atoms with E-state index < -0.39 is 5.91 Å². The summed E-state index contributed by atoms with van der Waals surface area (Å²) in [4.78, 5) is 16.4. The van der Waals surface area contributed by atoms with E-state index in [4.69, 9.17) is 23.2 Å². The number of para-hydroxylation sites is 1. The van der Waals surface area contributed by atoms with Crippen LogP contribution < -0.4 is 5.32 Å². The zero-order valence-electron chi connectivity index (χ0n) is 13.9. The number of hydrogen-bond acceptors (Lipinski definition) is 4. The van der Waals surface area contributed by atoms with E-state index >= 15 is 0 Å². The number of carbonyl (C=O) groups is 1. The van der Waals surface area contributed by atoms with Gasteiger partial charge in [-0.25, -0.2) is 0 Å². The van der Waals surface area contributed by atoms with Crippen LogP contribution in [0.4, 0.5) is 11.4 Å². The van der Waals surface area contributed by atoms with Crippen molar-refractivity contribution in [3.63, 3.8) is 0 Å². The molecule has 1 amide bonds. The van der Waals surface area contributed by atoms with Crippen molar-refractivity contribution in [3.05, 3.63) is 81.8 Å². The summed E-state index contributed by atoms with van der Waals surface area (Å²) in [6.07, 6.45) is 1.45. The fraction of sp³-hybridized carbons (Fsp3) is 0. The zero-order valence-corrected chi connectivity index (χ0v) is 15.4. The van der Waals surface area contributed by atoms with Gasteiger partial charge in [-0.15, -0.1) is 0 Å². The molecule has 27 heavy (non-hydrogen) atoms. The van der Waals surface area contributed by atoms with Gasteiger partial charge in [0, 0.05) is 22.5 Å². The van der Waals surface area contributed by atoms with Crippen LogP contribution in [0, 0.1) is 0 Å². The van der Waals surface area contributed by atoms with Crippen LogP contribution in [0.15, 0.2) is 65.7 Å². The van der Waals surface area contributed by atoms with Gasteiger partial charge < -0.3 is 15.5 Å². The Bertz CT molecular complexity index is 1020. The highest BCUT2D eigenvalue weighted by Crippen LogP contribution is 2.30. The Morgan fingerprint density at radius 2 is 1.70 bits per heavy atom. The second-order valence-electron chi connectivity index (χ2n) is 5.60. The van der Waals surface area contributed by atoms with Gasteiger partial charge in [0.25, 0.3) is 5.91 Å². The number of nitrogens with one attached hydrogen (secondary N) is 1. The van der Waals surface area contributed by atoms with Crippen molar-refractivity contribution in [2.75, 3.05) is 5.32 Å². The molecule has 3 N–H and O–H groups in total. The fourth-order valence-corrected chi connectivity index (χ4v) is 2.83. The molecule has 3 aromatic rings. The lowest BCUT2D eigenvalue weighted by Crippen LogP contribution is -2.11. The van der Waals surface area contributed by atoms with Crippen molar-refractivity contribution in [2.24, 2.45) is 4.99 Å². The van der Waals surface area contributed by atoms with E-state index in [1.807, 2.05) is 0 Å². The predicted octanol–water partition coefficient (Wildman–Crippen LogP) is 5.41. The van der Waals surface area contributed by atoms with Crippen LogP contribution >= 0.6 is 23.2 Å². The Labute approximate surface area is 165 Å². The lowest BCUT2D eigenvalue weighted by Gasteiger charge is -2.07. The highest BCUT2D eigenvalue weighted by molar-refractivity contribution is 6.36. The average molecular weight is 401 g/mol. The number of phenols is 2. The van der Waals surface area contributed by atoms with E-state index in [9.17, 15) is 15.0 Å². The SMILES string of the molecule is O=C(Nc1ccc(N=Cc2cc(Cl)cc(Cl)c2O)cc1)c1ccccc1O. The van der Waals surface area contributed by atoms with Crippen molar-refractivity contribution >= 4 is 46.7 Å². The second kappa shape index (κ2) is 8.12. The average Bonchev–Trinajstić information content (AvgIpc) is 2.65. The van der Waals surface area contributed by atoms with E-state index in [1.165, 1.54) is 24.4 Å². The maximum atomic E-state index is 12.2. The fourth-order valence-electron chi connectivity index (χ4n) is 2.32. The standard InChI is InChI=1S/C20H14Cl2N2O3/c21-13-9-12(19(26)17(22)10-13)11-23-14-5-7-15(8-6-14)24-20(27)16-3-1-2-4-18(16)25/h1-11,25-26H,(H,24,27). The van der Waals surface area contributed by atoms with E-state index in [1.54, 1.807) is 42.5 Å². The van der Waals surface area contributed by atoms with Crippen LogP contribution in [-0.4, -0.2) is 22.3 Å². The minimum Gasteiger partial charge on any atom is -0.507 e. The molecule has 5 nitrogen and oxygen atoms in total. The molecule has 0 aliphatic heterocycles. The van der Waals surface area contributed by atoms with Crippen molar-refractivity contribution in [1.82, 2.24) is 0 Å². The first-order valence-corrected chi connectivity index (χ1v) is 8.61. The number of nitrogens with zero attached hydrogens (tertiary/aromatic N) is 1. The summed E-state index contributed by atoms with van der Waals surface area (Å²) < 4.78 is 0. The third-order valence-electron chi connectivity index (χ3n) is 3.68. The minimum atomic E-state index is -0.414. The molecule has 0 spiro atoms. The summed E-state index contributed by atoms with van der Waals surface area (Å²) in [7, 11) is 0. The molecule has 0 fully saturated rings. The summed E-state index contributed by atoms with van der Waals surface area (Å²) in [5.74, 6) is -0.601. The van der Waals surface area contributed by atoms with Gasteiger partial charge in [0.2, 0.25) is 0 Å². The van der Waals surface area contributed by atoms with Gasteiger partial charge >= 0.3 is 0 Å². The van der Waals surface area contributed by atoms with Crippen LogP contribution in [-0.2, 0) is 0 Å². The number of phenolic OH excluding ortho intramolecular Hbond substituents is 2. The molecule has 0 heterocycles. The first-order chi connectivity index (χ1) is 12.9. The Kier molecular flexibility index (Phi) is 5.64. The topological polar surface area (TPSA) is 81.9 Å². The molecule has 0 radical (unpaired) electrons.